The molecule has 0 fully saturated rings. The van der Waals surface area contributed by atoms with Crippen LogP contribution >= 0.6 is 0 Å². The molecule has 7 nitrogen and oxygen atoms in total. The van der Waals surface area contributed by atoms with Crippen molar-refractivity contribution in [1.82, 2.24) is 0 Å². The molecule has 9 heteroatoms. The molecule has 0 saturated heterocycles. The third-order valence-corrected chi connectivity index (χ3v) is 2.65. The van der Waals surface area contributed by atoms with Crippen LogP contribution in [0.3, 0.4) is 0 Å². The van der Waals surface area contributed by atoms with Crippen molar-refractivity contribution in [2.75, 3.05) is 11.9 Å². The van der Waals surface area contributed by atoms with E-state index >= 15 is 0 Å². The average Bonchev–Trinajstić information content (AvgIpc) is 2.16. The van der Waals surface area contributed by atoms with Crippen LogP contribution in [0.4, 0.5) is 11.4 Å². The van der Waals surface area contributed by atoms with E-state index in [1.165, 1.54) is 6.07 Å². The maximum atomic E-state index is 10.7. The van der Waals surface area contributed by atoms with Crippen LogP contribution in [0.1, 0.15) is 6.92 Å². The van der Waals surface area contributed by atoms with Crippen LogP contribution in [0.5, 0.6) is 0 Å². The third-order valence-electron chi connectivity index (χ3n) is 1.82. The predicted octanol–water partition coefficient (Wildman–Crippen LogP) is -2.07. The first-order chi connectivity index (χ1) is 7.36. The minimum atomic E-state index is -4.67. The number of nitrogens with zero attached hydrogens (tertiary/aromatic N) is 1. The molecule has 0 radical (unpaired) electrons. The molecule has 17 heavy (non-hydrogen) atoms. The molecule has 0 aliphatic heterocycles. The molecule has 0 aromatic heterocycles. The maximum absolute atomic E-state index is 10.7. The Morgan fingerprint density at radius 3 is 2.41 bits per heavy atom. The number of hydrogen-bond acceptors (Lipinski definition) is 6. The molecular formula is C8H9KN2O5S. The van der Waals surface area contributed by atoms with Crippen molar-refractivity contribution in [3.63, 3.8) is 0 Å². The second-order valence-corrected chi connectivity index (χ2v) is 4.30. The summed E-state index contributed by atoms with van der Waals surface area (Å²) in [5.41, 5.74) is -0.251. The predicted molar refractivity (Wildman–Crippen MR) is 55.2 cm³/mol. The Balaban J connectivity index is 0.00000256. The molecule has 0 aliphatic rings. The van der Waals surface area contributed by atoms with Crippen LogP contribution in [0, 0.1) is 10.1 Å². The van der Waals surface area contributed by atoms with Gasteiger partial charge in [-0.1, -0.05) is 0 Å². The second kappa shape index (κ2) is 6.78. The fraction of sp³-hybridized carbons (Fsp3) is 0.250. The van der Waals surface area contributed by atoms with Gasteiger partial charge in [-0.05, 0) is 19.1 Å². The van der Waals surface area contributed by atoms with Gasteiger partial charge in [-0.2, -0.15) is 0 Å². The third kappa shape index (κ3) is 4.62. The van der Waals surface area contributed by atoms with Gasteiger partial charge in [0.1, 0.15) is 15.8 Å². The van der Waals surface area contributed by atoms with E-state index in [1.54, 1.807) is 6.92 Å². The zero-order valence-electron chi connectivity index (χ0n) is 9.34. The van der Waals surface area contributed by atoms with Crippen molar-refractivity contribution in [3.8, 4) is 0 Å². The fourth-order valence-corrected chi connectivity index (χ4v) is 1.65. The summed E-state index contributed by atoms with van der Waals surface area (Å²) in [5, 5.41) is 13.3. The summed E-state index contributed by atoms with van der Waals surface area (Å²) >= 11 is 0. The Morgan fingerprint density at radius 2 is 2.00 bits per heavy atom. The van der Waals surface area contributed by atoms with E-state index in [0.29, 0.717) is 6.54 Å². The van der Waals surface area contributed by atoms with E-state index in [1.807, 2.05) is 0 Å². The molecule has 0 atom stereocenters. The van der Waals surface area contributed by atoms with Gasteiger partial charge in [-0.25, -0.2) is 8.42 Å². The molecule has 1 aromatic carbocycles. The normalized spacial score (nSPS) is 10.5. The number of nitrogens with one attached hydrogen (secondary N) is 1. The molecule has 1 rings (SSSR count). The quantitative estimate of drug-likeness (QED) is 0.294. The summed E-state index contributed by atoms with van der Waals surface area (Å²) in [4.78, 5) is 9.29. The first kappa shape index (κ1) is 17.0. The molecule has 0 aliphatic carbocycles. The monoisotopic (exact) mass is 284 g/mol. The molecule has 0 heterocycles. The van der Waals surface area contributed by atoms with E-state index in [4.69, 9.17) is 0 Å². The van der Waals surface area contributed by atoms with Crippen LogP contribution in [0.15, 0.2) is 23.1 Å². The summed E-state index contributed by atoms with van der Waals surface area (Å²) in [5.74, 6) is 0. The van der Waals surface area contributed by atoms with E-state index in [2.05, 4.69) is 5.32 Å². The molecule has 0 bridgehead atoms. The number of nitro benzene ring substituents is 1. The van der Waals surface area contributed by atoms with E-state index in [9.17, 15) is 23.1 Å². The van der Waals surface area contributed by atoms with Crippen molar-refractivity contribution in [2.45, 2.75) is 11.8 Å². The number of hydrogen-bond donors (Lipinski definition) is 1. The van der Waals surface area contributed by atoms with Crippen molar-refractivity contribution in [1.29, 1.82) is 0 Å². The minimum Gasteiger partial charge on any atom is -0.744 e. The molecule has 88 valence electrons. The SMILES string of the molecule is CCNc1ccc(S(=O)(=O)[O-])cc1[N+](=O)[O-].[K+]. The zero-order chi connectivity index (χ0) is 12.3. The van der Waals surface area contributed by atoms with Crippen LogP contribution in [0.25, 0.3) is 0 Å². The van der Waals surface area contributed by atoms with Gasteiger partial charge < -0.3 is 9.87 Å². The first-order valence-electron chi connectivity index (χ1n) is 4.34. The summed E-state index contributed by atoms with van der Waals surface area (Å²) in [6, 6.07) is 2.99. The topological polar surface area (TPSA) is 112 Å². The second-order valence-electron chi connectivity index (χ2n) is 2.92. The van der Waals surface area contributed by atoms with Crippen LogP contribution in [0.2, 0.25) is 0 Å². The van der Waals surface area contributed by atoms with Gasteiger partial charge in [-0.3, -0.25) is 10.1 Å². The summed E-state index contributed by atoms with van der Waals surface area (Å²) in [6.07, 6.45) is 0. The first-order valence-corrected chi connectivity index (χ1v) is 5.75. The van der Waals surface area contributed by atoms with Gasteiger partial charge in [0.05, 0.1) is 9.82 Å². The van der Waals surface area contributed by atoms with Crippen LogP contribution in [-0.2, 0) is 10.1 Å². The van der Waals surface area contributed by atoms with Crippen molar-refractivity contribution < 1.29 is 69.3 Å². The smallest absolute Gasteiger partial charge is 0.744 e. The standard InChI is InChI=1S/C8H10N2O5S.K/c1-2-9-7-4-3-6(16(13,14)15)5-8(7)10(11)12;/h3-5,9H,2H2,1H3,(H,13,14,15);/q;+1/p-1. The maximum Gasteiger partial charge on any atom is 1.00 e. The molecule has 0 unspecified atom stereocenters. The Morgan fingerprint density at radius 1 is 1.41 bits per heavy atom. The molecule has 0 spiro atoms. The Hall–Kier alpha value is -0.0336. The van der Waals surface area contributed by atoms with Crippen molar-refractivity contribution in [3.05, 3.63) is 28.3 Å². The molecule has 0 amide bonds. The van der Waals surface area contributed by atoms with E-state index in [-0.39, 0.29) is 57.1 Å². The van der Waals surface area contributed by atoms with Gasteiger partial charge in [0.15, 0.2) is 0 Å². The number of rotatable bonds is 4. The van der Waals surface area contributed by atoms with Gasteiger partial charge in [0.2, 0.25) is 0 Å². The van der Waals surface area contributed by atoms with Crippen LogP contribution < -0.4 is 56.7 Å². The van der Waals surface area contributed by atoms with Gasteiger partial charge >= 0.3 is 51.4 Å². The van der Waals surface area contributed by atoms with Gasteiger partial charge in [0.25, 0.3) is 5.69 Å². The number of benzene rings is 1. The minimum absolute atomic E-state index is 0. The molecule has 1 aromatic rings. The summed E-state index contributed by atoms with van der Waals surface area (Å²) in [7, 11) is -4.67. The summed E-state index contributed by atoms with van der Waals surface area (Å²) in [6.45, 7) is 2.19. The average molecular weight is 284 g/mol. The fourth-order valence-electron chi connectivity index (χ4n) is 1.16. The Labute approximate surface area is 141 Å². The molecular weight excluding hydrogens is 275 g/mol. The van der Waals surface area contributed by atoms with Gasteiger partial charge in [-0.15, -0.1) is 0 Å². The van der Waals surface area contributed by atoms with Gasteiger partial charge in [0, 0.05) is 12.6 Å². The number of anilines is 1. The van der Waals surface area contributed by atoms with Crippen molar-refractivity contribution in [2.24, 2.45) is 0 Å². The number of nitro groups is 1. The molecule has 0 saturated carbocycles. The largest absolute Gasteiger partial charge is 1.00 e. The Kier molecular flexibility index (Phi) is 6.77. The summed E-state index contributed by atoms with van der Waals surface area (Å²) < 4.78 is 32.0. The van der Waals surface area contributed by atoms with Crippen molar-refractivity contribution >= 4 is 21.5 Å². The zero-order valence-corrected chi connectivity index (χ0v) is 13.3. The Bertz CT molecular complexity index is 517. The van der Waals surface area contributed by atoms with E-state index < -0.39 is 25.6 Å². The molecule has 1 N–H and O–H groups in total. The van der Waals surface area contributed by atoms with Crippen LogP contribution in [-0.4, -0.2) is 24.4 Å². The van der Waals surface area contributed by atoms with E-state index in [0.717, 1.165) is 12.1 Å².